The van der Waals surface area contributed by atoms with Gasteiger partial charge in [0.05, 0.1) is 12.2 Å². The number of aryl methyl sites for hydroxylation is 1. The summed E-state index contributed by atoms with van der Waals surface area (Å²) in [4.78, 5) is 13.8. The molecule has 5 rings (SSSR count). The fraction of sp³-hybridized carbons (Fsp3) is 0.531. The fourth-order valence-electron chi connectivity index (χ4n) is 5.84. The Morgan fingerprint density at radius 3 is 2.30 bits per heavy atom. The molecule has 0 bridgehead atoms. The summed E-state index contributed by atoms with van der Waals surface area (Å²) < 4.78 is 28.6. The lowest BCUT2D eigenvalue weighted by Gasteiger charge is -2.37. The summed E-state index contributed by atoms with van der Waals surface area (Å²) >= 11 is 2.32. The van der Waals surface area contributed by atoms with Crippen LogP contribution < -0.4 is 4.74 Å². The molecule has 0 amide bonds. The molecule has 0 N–H and O–H groups in total. The van der Waals surface area contributed by atoms with Crippen LogP contribution in [-0.4, -0.2) is 49.9 Å². The molecule has 1 saturated heterocycles. The van der Waals surface area contributed by atoms with Gasteiger partial charge < -0.3 is 23.2 Å². The van der Waals surface area contributed by atoms with Crippen molar-refractivity contribution in [1.82, 2.24) is 4.57 Å². The van der Waals surface area contributed by atoms with Crippen LogP contribution >= 0.6 is 22.6 Å². The van der Waals surface area contributed by atoms with Crippen LogP contribution in [0.15, 0.2) is 36.4 Å². The molecular weight excluding hydrogens is 633 g/mol. The van der Waals surface area contributed by atoms with Crippen LogP contribution in [0.5, 0.6) is 5.75 Å². The number of halogens is 1. The van der Waals surface area contributed by atoms with Gasteiger partial charge in [0, 0.05) is 38.2 Å². The second-order valence-electron chi connectivity index (χ2n) is 13.7. The number of nitrogens with zero attached hydrogens (tertiary/aromatic N) is 1. The van der Waals surface area contributed by atoms with Gasteiger partial charge in [0.2, 0.25) is 0 Å². The van der Waals surface area contributed by atoms with Gasteiger partial charge in [-0.1, -0.05) is 40.7 Å². The second kappa shape index (κ2) is 9.93. The SMILES string of the molecule is Cn1c2c(c3ccc(I)cc31)C(=O)c1ccc(OC[C@H]3OC(C)(C)O[C@@H]3CO[Si](C)(C)C(C)(C)C)cc1C2(C)C. The van der Waals surface area contributed by atoms with E-state index in [4.69, 9.17) is 18.6 Å². The monoisotopic (exact) mass is 675 g/mol. The zero-order valence-corrected chi connectivity index (χ0v) is 28.6. The van der Waals surface area contributed by atoms with Crippen LogP contribution in [0, 0.1) is 3.57 Å². The molecule has 216 valence electrons. The maximum atomic E-state index is 13.8. The quantitative estimate of drug-likeness (QED) is 0.199. The number of ketones is 1. The van der Waals surface area contributed by atoms with Gasteiger partial charge in [0.25, 0.3) is 0 Å². The number of carbonyl (C=O) groups is 1. The molecular formula is C32H42INO5Si. The first-order valence-electron chi connectivity index (χ1n) is 14.0. The van der Waals surface area contributed by atoms with E-state index in [1.54, 1.807) is 0 Å². The van der Waals surface area contributed by atoms with E-state index in [2.05, 4.69) is 100 Å². The van der Waals surface area contributed by atoms with E-state index >= 15 is 0 Å². The van der Waals surface area contributed by atoms with Crippen molar-refractivity contribution in [2.45, 2.75) is 90.0 Å². The van der Waals surface area contributed by atoms with Crippen molar-refractivity contribution in [1.29, 1.82) is 0 Å². The van der Waals surface area contributed by atoms with Crippen molar-refractivity contribution in [3.8, 4) is 5.75 Å². The molecule has 40 heavy (non-hydrogen) atoms. The van der Waals surface area contributed by atoms with Gasteiger partial charge in [-0.2, -0.15) is 0 Å². The third-order valence-corrected chi connectivity index (χ3v) is 14.2. The predicted octanol–water partition coefficient (Wildman–Crippen LogP) is 7.57. The van der Waals surface area contributed by atoms with Gasteiger partial charge in [0.1, 0.15) is 24.6 Å². The van der Waals surface area contributed by atoms with Gasteiger partial charge in [-0.3, -0.25) is 4.79 Å². The molecule has 3 aromatic rings. The summed E-state index contributed by atoms with van der Waals surface area (Å²) in [6.45, 7) is 20.3. The summed E-state index contributed by atoms with van der Waals surface area (Å²) in [7, 11) is 0.124. The Labute approximate surface area is 253 Å². The lowest BCUT2D eigenvalue weighted by molar-refractivity contribution is -0.150. The molecule has 1 aromatic heterocycles. The van der Waals surface area contributed by atoms with Crippen LogP contribution in [0.1, 0.15) is 75.6 Å². The molecule has 2 aliphatic rings. The minimum atomic E-state index is -1.93. The number of hydrogen-bond donors (Lipinski definition) is 0. The number of carbonyl (C=O) groups excluding carboxylic acids is 1. The number of rotatable bonds is 6. The first-order valence-corrected chi connectivity index (χ1v) is 18.0. The molecule has 8 heteroatoms. The molecule has 0 radical (unpaired) electrons. The van der Waals surface area contributed by atoms with E-state index in [-0.39, 0.29) is 28.4 Å². The lowest BCUT2D eigenvalue weighted by Crippen LogP contribution is -2.44. The highest BCUT2D eigenvalue weighted by Gasteiger charge is 2.45. The minimum absolute atomic E-state index is 0.0693. The number of ether oxygens (including phenoxy) is 3. The average Bonchev–Trinajstić information content (AvgIpc) is 3.32. The Morgan fingerprint density at radius 1 is 1.00 bits per heavy atom. The maximum absolute atomic E-state index is 13.8. The Kier molecular flexibility index (Phi) is 7.39. The van der Waals surface area contributed by atoms with Crippen LogP contribution in [0.4, 0.5) is 0 Å². The highest BCUT2D eigenvalue weighted by Crippen LogP contribution is 2.46. The van der Waals surface area contributed by atoms with E-state index in [1.165, 1.54) is 0 Å². The molecule has 1 aliphatic carbocycles. The second-order valence-corrected chi connectivity index (χ2v) is 19.8. The molecule has 2 heterocycles. The molecule has 0 saturated carbocycles. The Hall–Kier alpha value is -1.72. The first-order chi connectivity index (χ1) is 18.4. The van der Waals surface area contributed by atoms with E-state index < -0.39 is 14.1 Å². The normalized spacial score (nSPS) is 21.9. The summed E-state index contributed by atoms with van der Waals surface area (Å²) in [5, 5.41) is 1.12. The summed E-state index contributed by atoms with van der Waals surface area (Å²) in [6.07, 6.45) is -0.487. The zero-order chi connectivity index (χ0) is 29.4. The van der Waals surface area contributed by atoms with Gasteiger partial charge in [-0.05, 0) is 90.5 Å². The Balaban J connectivity index is 1.39. The Morgan fingerprint density at radius 2 is 1.65 bits per heavy atom. The number of aromatic nitrogens is 1. The third-order valence-electron chi connectivity index (χ3n) is 9.00. The van der Waals surface area contributed by atoms with Crippen LogP contribution in [0.25, 0.3) is 10.9 Å². The van der Waals surface area contributed by atoms with Gasteiger partial charge in [0.15, 0.2) is 19.9 Å². The zero-order valence-electron chi connectivity index (χ0n) is 25.4. The van der Waals surface area contributed by atoms with Crippen molar-refractivity contribution >= 4 is 47.6 Å². The smallest absolute Gasteiger partial charge is 0.195 e. The molecule has 0 spiro atoms. The first kappa shape index (κ1) is 29.8. The molecule has 0 unspecified atom stereocenters. The van der Waals surface area contributed by atoms with Crippen LogP contribution in [0.2, 0.25) is 18.1 Å². The van der Waals surface area contributed by atoms with Crippen LogP contribution in [-0.2, 0) is 26.4 Å². The molecule has 6 nitrogen and oxygen atoms in total. The predicted molar refractivity (Wildman–Crippen MR) is 170 cm³/mol. The van der Waals surface area contributed by atoms with Crippen molar-refractivity contribution in [3.05, 3.63) is 62.4 Å². The average molecular weight is 676 g/mol. The molecule has 1 aliphatic heterocycles. The van der Waals surface area contributed by atoms with Crippen LogP contribution in [0.3, 0.4) is 0 Å². The van der Waals surface area contributed by atoms with Crippen molar-refractivity contribution in [3.63, 3.8) is 0 Å². The highest BCUT2D eigenvalue weighted by molar-refractivity contribution is 14.1. The van der Waals surface area contributed by atoms with Gasteiger partial charge in [-0.15, -0.1) is 0 Å². The number of fused-ring (bicyclic) bond motifs is 4. The van der Waals surface area contributed by atoms with E-state index in [0.717, 1.165) is 36.9 Å². The maximum Gasteiger partial charge on any atom is 0.195 e. The lowest BCUT2D eigenvalue weighted by atomic mass is 9.71. The standard InChI is InChI=1S/C32H42INO5Si/c1-30(2,3)40(9,10)37-18-26-25(38-32(6,7)39-26)17-36-20-12-14-21-23(16-20)31(4,5)29-27(28(21)35)22-13-11-19(33)15-24(22)34(29)8/h11-16,25-26H,17-18H2,1-10H3/t25-,26-/m1/s1. The Bertz CT molecular complexity index is 1480. The van der Waals surface area contributed by atoms with Crippen molar-refractivity contribution in [2.75, 3.05) is 13.2 Å². The van der Waals surface area contributed by atoms with Gasteiger partial charge >= 0.3 is 0 Å². The van der Waals surface area contributed by atoms with E-state index in [1.807, 2.05) is 32.0 Å². The highest BCUT2D eigenvalue weighted by atomic mass is 127. The van der Waals surface area contributed by atoms with Crippen molar-refractivity contribution in [2.24, 2.45) is 7.05 Å². The fourth-order valence-corrected chi connectivity index (χ4v) is 7.33. The van der Waals surface area contributed by atoms with Crippen molar-refractivity contribution < 1.29 is 23.4 Å². The molecule has 2 aromatic carbocycles. The summed E-state index contributed by atoms with van der Waals surface area (Å²) in [5.74, 6) is 0.0799. The summed E-state index contributed by atoms with van der Waals surface area (Å²) in [6, 6.07) is 12.1. The van der Waals surface area contributed by atoms with Gasteiger partial charge in [-0.25, -0.2) is 0 Å². The number of benzene rings is 2. The minimum Gasteiger partial charge on any atom is -0.491 e. The van der Waals surface area contributed by atoms with E-state index in [9.17, 15) is 4.79 Å². The topological polar surface area (TPSA) is 58.9 Å². The third kappa shape index (κ3) is 5.08. The largest absolute Gasteiger partial charge is 0.491 e. The molecule has 1 fully saturated rings. The molecule has 2 atom stereocenters. The number of hydrogen-bond acceptors (Lipinski definition) is 5. The summed E-state index contributed by atoms with van der Waals surface area (Å²) in [5.41, 5.74) is 4.25. The van der Waals surface area contributed by atoms with E-state index in [0.29, 0.717) is 19.0 Å².